The molecule has 0 aliphatic heterocycles. The second-order valence-electron chi connectivity index (χ2n) is 39.5. The van der Waals surface area contributed by atoms with E-state index in [0.29, 0.717) is 17.5 Å². The summed E-state index contributed by atoms with van der Waals surface area (Å²) >= 11 is 0. The zero-order valence-electron chi connectivity index (χ0n) is 80.8. The van der Waals surface area contributed by atoms with Gasteiger partial charge in [-0.05, 0) is 244 Å². The van der Waals surface area contributed by atoms with Crippen molar-refractivity contribution in [3.63, 3.8) is 0 Å². The average Bonchev–Trinajstić information content (AvgIpc) is 1.56. The van der Waals surface area contributed by atoms with E-state index in [0.717, 1.165) is 199 Å². The molecule has 32 rings (SSSR count). The SMILES string of the molecule is CC1(C)c2ccccc2-c2c1ccc1ccc3ccc(N(c4ccc5c(c4)oc4ccccc45)c4ccc5oc6ccccc6c5c4)cc3c21.c1ccc(-c2ccc(-c3nc(-c4ccccc4)nc(-c4cccc(-c5ccc6ccc7ccc8oc9ccccc9c8c7c6c5)c4)n3)cc2)cc1.c1ccc2c(c1)oc1cc(N(c3ccc4oc5ccccc5c4c3)c3ccc4ccc5ccc6oc7ccccc7c6c5c4c3)ccc12. The van der Waals surface area contributed by atoms with E-state index in [1.807, 2.05) is 109 Å². The second-order valence-corrected chi connectivity index (χ2v) is 39.5. The molecule has 698 valence electrons. The first-order valence-corrected chi connectivity index (χ1v) is 50.5. The van der Waals surface area contributed by atoms with Crippen LogP contribution >= 0.6 is 0 Å². The van der Waals surface area contributed by atoms with Crippen molar-refractivity contribution in [2.24, 2.45) is 0 Å². The number of furan rings is 6. The largest absolute Gasteiger partial charge is 0.456 e. The van der Waals surface area contributed by atoms with Crippen LogP contribution in [0, 0.1) is 0 Å². The summed E-state index contributed by atoms with van der Waals surface area (Å²) in [7, 11) is 0. The monoisotopic (exact) mass is 1910 g/mol. The van der Waals surface area contributed by atoms with Crippen LogP contribution < -0.4 is 9.80 Å². The number of hydrogen-bond acceptors (Lipinski definition) is 11. The van der Waals surface area contributed by atoms with Crippen LogP contribution in [0.4, 0.5) is 34.1 Å². The third kappa shape index (κ3) is 14.0. The number of para-hydroxylation sites is 6. The van der Waals surface area contributed by atoms with E-state index in [2.05, 4.69) is 394 Å². The molecule has 0 fully saturated rings. The lowest BCUT2D eigenvalue weighted by molar-refractivity contribution is 0.661. The number of aromatic nitrogens is 3. The topological polar surface area (TPSA) is 124 Å². The first kappa shape index (κ1) is 84.9. The lowest BCUT2D eigenvalue weighted by Crippen LogP contribution is -2.14. The van der Waals surface area contributed by atoms with Gasteiger partial charge in [-0.3, -0.25) is 0 Å². The normalized spacial score (nSPS) is 12.4. The predicted octanol–water partition coefficient (Wildman–Crippen LogP) is 39.1. The standard InChI is InChI=1S/C47H29N3O.C47H31NO2.C44H25NO3/c1-3-10-30(11-4-1)31-18-23-35(24-19-31)46-48-45(34-12-5-2-6-13-34)49-47(50-46)38-15-9-14-36(28-38)37-25-21-32-20-22-33-26-27-42-44(43(33)40(32)29-37)39-16-7-8-17-41(39)51-42;1-47(2)39-12-6-3-11-36(39)46-40(47)23-18-29-16-15-28-17-19-30(25-37(28)45(29)46)48(31-21-24-43-38(26-31)34-10-5-8-14-42(34)49-43)32-20-22-35-33-9-4-7-13-41(33)50-44(35)27-32;1-4-10-37-31(7-1)33-20-18-30(25-42(33)48-37)45(29-19-22-40-36(24-29)32-8-2-5-11-38(32)46-40)28-17-15-26-13-14-27-16-21-41-44(43(27)35(26)23-28)34-9-3-6-12-39(34)47-41/h1-29H;3-27H,1-2H3;1-25H. The van der Waals surface area contributed by atoms with Crippen molar-refractivity contribution in [1.29, 1.82) is 0 Å². The molecular weight excluding hydrogens is 1820 g/mol. The molecule has 0 N–H and O–H groups in total. The van der Waals surface area contributed by atoms with Gasteiger partial charge in [-0.2, -0.15) is 0 Å². The van der Waals surface area contributed by atoms with Gasteiger partial charge in [-0.25, -0.2) is 15.0 Å². The fourth-order valence-corrected chi connectivity index (χ4v) is 23.4. The molecule has 7 heterocycles. The molecule has 7 aromatic heterocycles. The molecule has 0 spiro atoms. The Labute approximate surface area is 852 Å². The van der Waals surface area contributed by atoms with Gasteiger partial charge in [0.05, 0.1) is 0 Å². The first-order valence-electron chi connectivity index (χ1n) is 50.5. The Morgan fingerprint density at radius 2 is 0.463 bits per heavy atom. The highest BCUT2D eigenvalue weighted by molar-refractivity contribution is 6.29. The van der Waals surface area contributed by atoms with Crippen LogP contribution in [0.3, 0.4) is 0 Å². The van der Waals surface area contributed by atoms with E-state index in [1.54, 1.807) is 0 Å². The average molecular weight is 1910 g/mol. The molecule has 0 radical (unpaired) electrons. The fourth-order valence-electron chi connectivity index (χ4n) is 23.4. The maximum atomic E-state index is 6.42. The molecule has 11 nitrogen and oxygen atoms in total. The van der Waals surface area contributed by atoms with Crippen LogP contribution in [-0.4, -0.2) is 15.0 Å². The fraction of sp³-hybridized carbons (Fsp3) is 0.0217. The maximum absolute atomic E-state index is 6.42. The van der Waals surface area contributed by atoms with Crippen molar-refractivity contribution >= 4 is 230 Å². The van der Waals surface area contributed by atoms with E-state index in [-0.39, 0.29) is 5.41 Å². The van der Waals surface area contributed by atoms with E-state index in [4.69, 9.17) is 41.5 Å². The maximum Gasteiger partial charge on any atom is 0.164 e. The molecule has 0 saturated heterocycles. The molecule has 0 saturated carbocycles. The predicted molar refractivity (Wildman–Crippen MR) is 616 cm³/mol. The molecule has 0 unspecified atom stereocenters. The second kappa shape index (κ2) is 33.7. The first-order chi connectivity index (χ1) is 73.5. The van der Waals surface area contributed by atoms with Crippen LogP contribution in [0.5, 0.6) is 0 Å². The zero-order chi connectivity index (χ0) is 98.2. The van der Waals surface area contributed by atoms with Crippen molar-refractivity contribution in [1.82, 2.24) is 15.0 Å². The molecule has 24 aromatic carbocycles. The smallest absolute Gasteiger partial charge is 0.164 e. The summed E-state index contributed by atoms with van der Waals surface area (Å²) in [6.07, 6.45) is 0. The highest BCUT2D eigenvalue weighted by atomic mass is 16.3. The van der Waals surface area contributed by atoms with E-state index >= 15 is 0 Å². The van der Waals surface area contributed by atoms with Gasteiger partial charge in [0.2, 0.25) is 0 Å². The van der Waals surface area contributed by atoms with Gasteiger partial charge in [-0.1, -0.05) is 335 Å². The summed E-state index contributed by atoms with van der Waals surface area (Å²) in [5, 5.41) is 27.9. The Hall–Kier alpha value is -19.8. The van der Waals surface area contributed by atoms with Crippen molar-refractivity contribution in [2.75, 3.05) is 9.80 Å². The minimum Gasteiger partial charge on any atom is -0.456 e. The number of hydrogen-bond donors (Lipinski definition) is 0. The minimum absolute atomic E-state index is 0.0727. The van der Waals surface area contributed by atoms with Crippen LogP contribution in [0.15, 0.2) is 506 Å². The van der Waals surface area contributed by atoms with Crippen LogP contribution in [0.2, 0.25) is 0 Å². The number of fused-ring (bicyclic) bond motifs is 33. The van der Waals surface area contributed by atoms with Crippen molar-refractivity contribution in [2.45, 2.75) is 19.3 Å². The van der Waals surface area contributed by atoms with Crippen LogP contribution in [-0.2, 0) is 5.41 Å². The Bertz CT molecular complexity index is 11000. The van der Waals surface area contributed by atoms with Crippen LogP contribution in [0.25, 0.3) is 264 Å². The quantitative estimate of drug-likeness (QED) is 0.115. The summed E-state index contributed by atoms with van der Waals surface area (Å²) in [5.74, 6) is 1.91. The van der Waals surface area contributed by atoms with Gasteiger partial charge in [-0.15, -0.1) is 0 Å². The highest BCUT2D eigenvalue weighted by Crippen LogP contribution is 2.55. The Morgan fingerprint density at radius 1 is 0.168 bits per heavy atom. The highest BCUT2D eigenvalue weighted by Gasteiger charge is 2.37. The van der Waals surface area contributed by atoms with Crippen molar-refractivity contribution in [3.05, 3.63) is 490 Å². The Kier molecular flexibility index (Phi) is 19.2. The summed E-state index contributed by atoms with van der Waals surface area (Å²) < 4.78 is 37.9. The Morgan fingerprint density at radius 3 is 0.980 bits per heavy atom. The summed E-state index contributed by atoms with van der Waals surface area (Å²) in [6, 6.07) is 169. The van der Waals surface area contributed by atoms with Gasteiger partial charge >= 0.3 is 0 Å². The van der Waals surface area contributed by atoms with Crippen molar-refractivity contribution < 1.29 is 26.5 Å². The Balaban J connectivity index is 0.000000103. The van der Waals surface area contributed by atoms with Crippen LogP contribution in [0.1, 0.15) is 25.0 Å². The van der Waals surface area contributed by atoms with Crippen molar-refractivity contribution in [3.8, 4) is 67.5 Å². The van der Waals surface area contributed by atoms with Gasteiger partial charge < -0.3 is 36.3 Å². The third-order valence-electron chi connectivity index (χ3n) is 30.6. The molecule has 1 aliphatic carbocycles. The van der Waals surface area contributed by atoms with Gasteiger partial charge in [0.15, 0.2) is 17.5 Å². The molecule has 0 atom stereocenters. The van der Waals surface area contributed by atoms with E-state index in [9.17, 15) is 0 Å². The van der Waals surface area contributed by atoms with E-state index < -0.39 is 0 Å². The van der Waals surface area contributed by atoms with E-state index in [1.165, 1.54) is 92.5 Å². The van der Waals surface area contributed by atoms with Gasteiger partial charge in [0.1, 0.15) is 67.0 Å². The molecule has 0 bridgehead atoms. The number of rotatable bonds is 11. The summed E-state index contributed by atoms with van der Waals surface area (Å²) in [6.45, 7) is 4.71. The molecule has 1 aliphatic rings. The molecule has 0 amide bonds. The lowest BCUT2D eigenvalue weighted by atomic mass is 9.82. The summed E-state index contributed by atoms with van der Waals surface area (Å²) in [4.78, 5) is 19.7. The minimum atomic E-state index is -0.0727. The lowest BCUT2D eigenvalue weighted by Gasteiger charge is -2.26. The van der Waals surface area contributed by atoms with Gasteiger partial charge in [0.25, 0.3) is 0 Å². The molecule has 31 aromatic rings. The molecule has 149 heavy (non-hydrogen) atoms. The number of nitrogens with zero attached hydrogens (tertiary/aromatic N) is 5. The van der Waals surface area contributed by atoms with Gasteiger partial charge in [0, 0.05) is 144 Å². The molecular formula is C138H85N5O6. The summed E-state index contributed by atoms with van der Waals surface area (Å²) in [5.41, 5.74) is 29.6. The number of benzene rings is 24. The zero-order valence-corrected chi connectivity index (χ0v) is 80.8. The number of anilines is 6. The third-order valence-corrected chi connectivity index (χ3v) is 30.6. The molecule has 11 heteroatoms.